The number of nitrogens with zero attached hydrogens (tertiary/aromatic N) is 4. The van der Waals surface area contributed by atoms with E-state index in [2.05, 4.69) is 20.1 Å². The number of ether oxygens (including phenoxy) is 1. The van der Waals surface area contributed by atoms with Crippen LogP contribution in [0.5, 0.6) is 5.88 Å². The van der Waals surface area contributed by atoms with Gasteiger partial charge in [0.15, 0.2) is 5.78 Å². The van der Waals surface area contributed by atoms with E-state index in [0.29, 0.717) is 43.0 Å². The number of hydrogen-bond donors (Lipinski definition) is 2. The van der Waals surface area contributed by atoms with Gasteiger partial charge in [0.1, 0.15) is 23.7 Å². The molecule has 3 fully saturated rings. The van der Waals surface area contributed by atoms with Gasteiger partial charge in [-0.25, -0.2) is 17.8 Å². The number of para-hydroxylation sites is 1. The number of ketones is 1. The largest absolute Gasteiger partial charge is 0.472 e. The number of halogens is 1. The third-order valence-corrected chi connectivity index (χ3v) is 13.2. The van der Waals surface area contributed by atoms with Gasteiger partial charge < -0.3 is 15.0 Å². The average molecular weight is 771 g/mol. The highest BCUT2D eigenvalue weighted by Gasteiger charge is 2.61. The molecule has 0 spiro atoms. The number of nitrogens with one attached hydrogen (secondary N) is 2. The number of Topliss-reactive ketones (excluding diaryl/α,β-unsaturated/α-hetero) is 1. The molecule has 1 saturated heterocycles. The molecule has 8 rings (SSSR count). The molecule has 2 aliphatic carbocycles. The van der Waals surface area contributed by atoms with E-state index in [1.165, 1.54) is 15.6 Å². The SMILES string of the molecule is Cn1ccc(C(=O)N[C@H]2CCCCC/C=C\[C@@H]3C[C@@]3(C(=O)NS(=O)(=O)C3CC3)CC(=O)[C@@H]3C[C@@H](Oc4nc5ccccc5c5cccc(F)c45)CN3C2=O)n1. The summed E-state index contributed by atoms with van der Waals surface area (Å²) >= 11 is 0. The van der Waals surface area contributed by atoms with Crippen molar-refractivity contribution in [1.82, 2.24) is 29.7 Å². The first-order chi connectivity index (χ1) is 26.4. The Morgan fingerprint density at radius 2 is 1.80 bits per heavy atom. The summed E-state index contributed by atoms with van der Waals surface area (Å²) in [6.45, 7) is -0.0752. The fourth-order valence-electron chi connectivity index (χ4n) is 8.13. The maximum absolute atomic E-state index is 15.5. The topological polar surface area (TPSA) is 170 Å². The molecule has 0 unspecified atom stereocenters. The number of sulfonamides is 1. The zero-order valence-corrected chi connectivity index (χ0v) is 31.3. The van der Waals surface area contributed by atoms with E-state index < -0.39 is 68.2 Å². The van der Waals surface area contributed by atoms with Crippen molar-refractivity contribution in [1.29, 1.82) is 0 Å². The lowest BCUT2D eigenvalue weighted by molar-refractivity contribution is -0.140. The zero-order chi connectivity index (χ0) is 38.5. The standard InChI is InChI=1S/C40H43FN6O7S/c1-46-19-18-31(44-46)36(49)42-32-15-6-4-2-3-5-10-24-21-40(24,39(51)45-55(52,53)26-16-17-26)22-34(48)33-20-25(23-47(33)38(32)50)54-37-35-28(12-9-13-29(35)41)27-11-7-8-14-30(27)43-37/h5,7-14,18-19,24-26,32-33H,2-4,6,15-17,20-23H2,1H3,(H,42,49)(H,45,51)/b10-5-/t24-,25-,32+,33+,40-/m1/s1. The number of benzene rings is 2. The Morgan fingerprint density at radius 1 is 1.00 bits per heavy atom. The number of amides is 3. The summed E-state index contributed by atoms with van der Waals surface area (Å²) in [5.41, 5.74) is -0.582. The van der Waals surface area contributed by atoms with Crippen LogP contribution in [0.1, 0.15) is 74.7 Å². The lowest BCUT2D eigenvalue weighted by atomic mass is 9.91. The van der Waals surface area contributed by atoms with E-state index in [9.17, 15) is 27.6 Å². The molecule has 0 radical (unpaired) electrons. The molecule has 2 N–H and O–H groups in total. The van der Waals surface area contributed by atoms with Crippen molar-refractivity contribution in [2.45, 2.75) is 87.6 Å². The Morgan fingerprint density at radius 3 is 2.58 bits per heavy atom. The lowest BCUT2D eigenvalue weighted by Crippen LogP contribution is -2.52. The van der Waals surface area contributed by atoms with Crippen LogP contribution < -0.4 is 14.8 Å². The number of aromatic nitrogens is 3. The van der Waals surface area contributed by atoms with Gasteiger partial charge >= 0.3 is 0 Å². The van der Waals surface area contributed by atoms with Crippen LogP contribution in [0, 0.1) is 17.2 Å². The van der Waals surface area contributed by atoms with E-state index >= 15 is 4.39 Å². The molecular weight excluding hydrogens is 728 g/mol. The van der Waals surface area contributed by atoms with Gasteiger partial charge in [0.25, 0.3) is 5.91 Å². The fourth-order valence-corrected chi connectivity index (χ4v) is 9.52. The molecule has 3 amide bonds. The van der Waals surface area contributed by atoms with E-state index in [-0.39, 0.29) is 48.7 Å². The summed E-state index contributed by atoms with van der Waals surface area (Å²) in [7, 11) is -2.20. The van der Waals surface area contributed by atoms with Crippen molar-refractivity contribution in [3.8, 4) is 5.88 Å². The number of aryl methyl sites for hydroxylation is 1. The van der Waals surface area contributed by atoms with Crippen LogP contribution >= 0.6 is 0 Å². The Labute approximate surface area is 317 Å². The van der Waals surface area contributed by atoms with Crippen LogP contribution in [0.4, 0.5) is 4.39 Å². The van der Waals surface area contributed by atoms with Crippen LogP contribution in [0.2, 0.25) is 0 Å². The molecule has 2 saturated carbocycles. The van der Waals surface area contributed by atoms with Crippen molar-refractivity contribution >= 4 is 55.2 Å². The van der Waals surface area contributed by atoms with E-state index in [1.54, 1.807) is 37.5 Å². The minimum atomic E-state index is -3.88. The van der Waals surface area contributed by atoms with Crippen LogP contribution in [-0.4, -0.2) is 81.6 Å². The molecule has 15 heteroatoms. The normalized spacial score (nSPS) is 26.8. The quantitative estimate of drug-likeness (QED) is 0.203. The molecule has 0 bridgehead atoms. The summed E-state index contributed by atoms with van der Waals surface area (Å²) in [5, 5.41) is 7.92. The molecule has 4 aromatic rings. The van der Waals surface area contributed by atoms with Gasteiger partial charge in [-0.1, -0.05) is 55.3 Å². The number of rotatable bonds is 7. The molecule has 2 aliphatic heterocycles. The second kappa shape index (κ2) is 14.5. The number of fused-ring (bicyclic) bond motifs is 5. The maximum atomic E-state index is 15.5. The molecule has 4 aliphatic rings. The molecule has 55 heavy (non-hydrogen) atoms. The fraction of sp³-hybridized carbons (Fsp3) is 0.450. The van der Waals surface area contributed by atoms with E-state index in [4.69, 9.17) is 4.74 Å². The number of hydrogen-bond acceptors (Lipinski definition) is 9. The van der Waals surface area contributed by atoms with Gasteiger partial charge in [0.05, 0.1) is 34.2 Å². The minimum absolute atomic E-state index is 0.00844. The van der Waals surface area contributed by atoms with Crippen molar-refractivity contribution in [3.05, 3.63) is 78.4 Å². The second-order valence-electron chi connectivity index (χ2n) is 15.3. The van der Waals surface area contributed by atoms with Gasteiger partial charge in [-0.15, -0.1) is 0 Å². The number of carbonyl (C=O) groups is 4. The number of carbonyl (C=O) groups excluding carboxylic acids is 4. The predicted molar refractivity (Wildman–Crippen MR) is 201 cm³/mol. The van der Waals surface area contributed by atoms with Gasteiger partial charge in [0.2, 0.25) is 27.7 Å². The zero-order valence-electron chi connectivity index (χ0n) is 30.4. The highest BCUT2D eigenvalue weighted by molar-refractivity contribution is 7.90. The lowest BCUT2D eigenvalue weighted by Gasteiger charge is -2.29. The molecule has 13 nitrogen and oxygen atoms in total. The first-order valence-corrected chi connectivity index (χ1v) is 20.5. The second-order valence-corrected chi connectivity index (χ2v) is 17.3. The maximum Gasteiger partial charge on any atom is 0.272 e. The van der Waals surface area contributed by atoms with E-state index in [1.807, 2.05) is 30.4 Å². The first kappa shape index (κ1) is 36.8. The average Bonchev–Trinajstić information content (AvgIpc) is 4.05. The Hall–Kier alpha value is -5.18. The van der Waals surface area contributed by atoms with Gasteiger partial charge in [0, 0.05) is 31.5 Å². The summed E-state index contributed by atoms with van der Waals surface area (Å²) in [6, 6.07) is 11.5. The van der Waals surface area contributed by atoms with Crippen LogP contribution in [0.3, 0.4) is 0 Å². The molecule has 288 valence electrons. The smallest absolute Gasteiger partial charge is 0.272 e. The number of pyridine rings is 1. The summed E-state index contributed by atoms with van der Waals surface area (Å²) in [4.78, 5) is 62.4. The molecule has 5 atom stereocenters. The Balaban J connectivity index is 1.13. The third kappa shape index (κ3) is 7.33. The Kier molecular flexibility index (Phi) is 9.68. The third-order valence-electron chi connectivity index (χ3n) is 11.4. The van der Waals surface area contributed by atoms with E-state index in [0.717, 1.165) is 18.2 Å². The predicted octanol–water partition coefficient (Wildman–Crippen LogP) is 4.50. The highest BCUT2D eigenvalue weighted by Crippen LogP contribution is 2.57. The van der Waals surface area contributed by atoms with Crippen LogP contribution in [0.25, 0.3) is 21.7 Å². The monoisotopic (exact) mass is 770 g/mol. The first-order valence-electron chi connectivity index (χ1n) is 18.9. The molecule has 4 heterocycles. The van der Waals surface area contributed by atoms with Crippen molar-refractivity contribution in [3.63, 3.8) is 0 Å². The number of allylic oxidation sites excluding steroid dienone is 2. The van der Waals surface area contributed by atoms with Crippen LogP contribution in [0.15, 0.2) is 66.9 Å². The minimum Gasteiger partial charge on any atom is -0.472 e. The molecular formula is C40H43FN6O7S. The van der Waals surface area contributed by atoms with Gasteiger partial charge in [-0.3, -0.25) is 28.6 Å². The summed E-state index contributed by atoms with van der Waals surface area (Å²) < 4.78 is 51.5. The summed E-state index contributed by atoms with van der Waals surface area (Å²) in [5.74, 6) is -3.04. The van der Waals surface area contributed by atoms with Gasteiger partial charge in [-0.05, 0) is 68.0 Å². The van der Waals surface area contributed by atoms with Gasteiger partial charge in [-0.2, -0.15) is 5.10 Å². The van der Waals surface area contributed by atoms with Crippen LogP contribution in [-0.2, 0) is 31.5 Å². The molecule has 2 aromatic heterocycles. The van der Waals surface area contributed by atoms with Crippen molar-refractivity contribution < 1.29 is 36.7 Å². The molecule has 2 aromatic carbocycles. The Bertz CT molecular complexity index is 2340. The van der Waals surface area contributed by atoms with Crippen molar-refractivity contribution in [2.75, 3.05) is 6.54 Å². The summed E-state index contributed by atoms with van der Waals surface area (Å²) in [6.07, 6.45) is 8.79. The van der Waals surface area contributed by atoms with Crippen molar-refractivity contribution in [2.24, 2.45) is 18.4 Å². The highest BCUT2D eigenvalue weighted by atomic mass is 32.2.